The van der Waals surface area contributed by atoms with Gasteiger partial charge in [-0.05, 0) is 48.4 Å². The Morgan fingerprint density at radius 3 is 1.36 bits per heavy atom. The molecule has 0 heterocycles. The van der Waals surface area contributed by atoms with Crippen LogP contribution in [0, 0.1) is 0 Å². The maximum atomic E-state index is 12.2. The van der Waals surface area contributed by atoms with E-state index in [9.17, 15) is 54.6 Å². The zero-order chi connectivity index (χ0) is 31.2. The second-order valence-corrected chi connectivity index (χ2v) is 9.22. The molecule has 0 unspecified atom stereocenters. The van der Waals surface area contributed by atoms with Gasteiger partial charge in [-0.2, -0.15) is 0 Å². The van der Waals surface area contributed by atoms with Gasteiger partial charge in [0.05, 0.1) is 35.9 Å². The Morgan fingerprint density at radius 1 is 0.619 bits per heavy atom. The quantitative estimate of drug-likeness (QED) is 0.152. The van der Waals surface area contributed by atoms with Crippen molar-refractivity contribution in [1.82, 2.24) is 14.7 Å². The Bertz CT molecular complexity index is 1150. The molecule has 0 aliphatic rings. The molecule has 15 nitrogen and oxygen atoms in total. The number of aliphatic carboxylic acids is 5. The summed E-state index contributed by atoms with van der Waals surface area (Å²) >= 11 is 0. The highest BCUT2D eigenvalue weighted by atomic mass is 16.5. The summed E-state index contributed by atoms with van der Waals surface area (Å²) in [6.45, 7) is -4.16. The van der Waals surface area contributed by atoms with Crippen LogP contribution in [0.3, 0.4) is 0 Å². The molecule has 2 aromatic carbocycles. The molecule has 0 aliphatic heterocycles. The predicted molar refractivity (Wildman–Crippen MR) is 132 cm³/mol. The average molecular weight is 587 g/mol. The molecule has 0 saturated heterocycles. The summed E-state index contributed by atoms with van der Waals surface area (Å²) in [7, 11) is 0. The number of carboxylic acids is 5. The molecule has 0 aliphatic carbocycles. The van der Waals surface area contributed by atoms with Gasteiger partial charge in [0.25, 0.3) is 0 Å². The first-order chi connectivity index (χ1) is 19.8. The third kappa shape index (κ3) is 12.6. The molecule has 1 atom stereocenters. The van der Waals surface area contributed by atoms with E-state index in [-0.39, 0.29) is 38.3 Å². The Kier molecular flexibility index (Phi) is 13.2. The van der Waals surface area contributed by atoms with Crippen molar-refractivity contribution in [2.45, 2.75) is 12.5 Å². The monoisotopic (exact) mass is 586 g/mol. The Morgan fingerprint density at radius 2 is 1.00 bits per heavy atom. The molecule has 0 fully saturated rings. The van der Waals surface area contributed by atoms with E-state index in [4.69, 9.17) is 4.74 Å². The van der Waals surface area contributed by atoms with Gasteiger partial charge in [0.15, 0.2) is 0 Å². The molecule has 2 aromatic rings. The zero-order valence-electron chi connectivity index (χ0n) is 22.3. The van der Waals surface area contributed by atoms with E-state index in [1.807, 2.05) is 0 Å². The summed E-state index contributed by atoms with van der Waals surface area (Å²) in [6.07, 6.45) is -0.149. The van der Waals surface area contributed by atoms with Gasteiger partial charge in [0, 0.05) is 52.4 Å². The topological polar surface area (TPSA) is 240 Å². The van der Waals surface area contributed by atoms with Gasteiger partial charge in [-0.3, -0.25) is 14.7 Å². The SMILES string of the molecule is O=C([O-])CN(CCN(CCN(CC(=O)[O-])CC(=O)[O-])[C@@H](Cc1ccc(Oc2ccc(O)cc2)cc1)C(=O)[O-])CC(=O)[O-]. The fourth-order valence-corrected chi connectivity index (χ4v) is 4.05. The Balaban J connectivity index is 2.25. The van der Waals surface area contributed by atoms with Crippen LogP contribution in [0.5, 0.6) is 17.2 Å². The lowest BCUT2D eigenvalue weighted by molar-refractivity contribution is -0.314. The summed E-state index contributed by atoms with van der Waals surface area (Å²) in [6, 6.07) is 10.9. The second-order valence-electron chi connectivity index (χ2n) is 9.22. The first-order valence-corrected chi connectivity index (χ1v) is 12.6. The molecule has 0 spiro atoms. The van der Waals surface area contributed by atoms with Gasteiger partial charge in [0.1, 0.15) is 17.2 Å². The largest absolute Gasteiger partial charge is 0.549 e. The molecule has 2 rings (SSSR count). The fraction of sp³-hybridized carbons (Fsp3) is 0.370. The lowest BCUT2D eigenvalue weighted by atomic mass is 10.0. The van der Waals surface area contributed by atoms with Gasteiger partial charge in [0.2, 0.25) is 0 Å². The first-order valence-electron chi connectivity index (χ1n) is 12.6. The number of aromatic hydroxyl groups is 1. The smallest absolute Gasteiger partial charge is 0.127 e. The Labute approximate surface area is 240 Å². The lowest BCUT2D eigenvalue weighted by Gasteiger charge is -2.36. The summed E-state index contributed by atoms with van der Waals surface area (Å²) in [4.78, 5) is 59.7. The number of carbonyl (C=O) groups is 5. The molecule has 0 saturated carbocycles. The van der Waals surface area contributed by atoms with Crippen molar-refractivity contribution in [3.8, 4) is 17.2 Å². The van der Waals surface area contributed by atoms with Gasteiger partial charge < -0.3 is 59.3 Å². The third-order valence-electron chi connectivity index (χ3n) is 5.96. The van der Waals surface area contributed by atoms with E-state index in [0.29, 0.717) is 17.1 Å². The number of nitrogens with zero attached hydrogens (tertiary/aromatic N) is 3. The molecule has 1 N–H and O–H groups in total. The predicted octanol–water partition coefficient (Wildman–Crippen LogP) is -6.25. The number of rotatable bonds is 20. The van der Waals surface area contributed by atoms with Gasteiger partial charge in [-0.15, -0.1) is 0 Å². The maximum absolute atomic E-state index is 12.2. The first kappa shape index (κ1) is 33.5. The average Bonchev–Trinajstić information content (AvgIpc) is 2.88. The number of benzene rings is 2. The van der Waals surface area contributed by atoms with Crippen molar-refractivity contribution < 1.29 is 59.3 Å². The number of carbonyl (C=O) groups excluding carboxylic acids is 5. The minimum absolute atomic E-state index is 0.0559. The van der Waals surface area contributed by atoms with Crippen LogP contribution < -0.4 is 30.3 Å². The highest BCUT2D eigenvalue weighted by Crippen LogP contribution is 2.24. The van der Waals surface area contributed by atoms with Crippen molar-refractivity contribution >= 4 is 29.8 Å². The third-order valence-corrected chi connectivity index (χ3v) is 5.96. The van der Waals surface area contributed by atoms with E-state index < -0.39 is 62.1 Å². The molecule has 0 amide bonds. The molecule has 0 bridgehead atoms. The van der Waals surface area contributed by atoms with Crippen molar-refractivity contribution in [2.75, 3.05) is 52.4 Å². The lowest BCUT2D eigenvalue weighted by Crippen LogP contribution is -2.55. The van der Waals surface area contributed by atoms with Crippen LogP contribution in [-0.2, 0) is 30.4 Å². The number of hydrogen-bond acceptors (Lipinski definition) is 15. The zero-order valence-corrected chi connectivity index (χ0v) is 22.3. The van der Waals surface area contributed by atoms with Crippen molar-refractivity contribution in [3.63, 3.8) is 0 Å². The fourth-order valence-electron chi connectivity index (χ4n) is 4.05. The minimum Gasteiger partial charge on any atom is -0.549 e. The van der Waals surface area contributed by atoms with Gasteiger partial charge >= 0.3 is 0 Å². The molecular weight excluding hydrogens is 558 g/mol. The summed E-state index contributed by atoms with van der Waals surface area (Å²) < 4.78 is 5.67. The van der Waals surface area contributed by atoms with Crippen LogP contribution in [0.25, 0.3) is 0 Å². The minimum atomic E-state index is -1.58. The molecule has 0 radical (unpaired) electrons. The number of carboxylic acid groups (broad SMARTS) is 5. The highest BCUT2D eigenvalue weighted by molar-refractivity contribution is 5.72. The standard InChI is InChI=1S/C27H33N3O12/c31-19-3-7-21(8-4-19)42-20-5-1-18(2-6-20)13-22(27(40)41)30(11-9-28(14-23(32)33)15-24(34)35)12-10-29(16-25(36)37)17-26(38)39/h1-8,22,31H,9-17H2,(H,32,33)(H,34,35)(H,36,37)(H,38,39)(H,40,41)/p-5/t22-/m0/s1. The summed E-state index contributed by atoms with van der Waals surface area (Å²) in [5.74, 6) is -6.96. The van der Waals surface area contributed by atoms with Gasteiger partial charge in [-0.1, -0.05) is 12.1 Å². The maximum Gasteiger partial charge on any atom is 0.127 e. The number of ether oxygens (including phenoxy) is 1. The van der Waals surface area contributed by atoms with Crippen LogP contribution in [0.4, 0.5) is 0 Å². The van der Waals surface area contributed by atoms with Crippen LogP contribution in [0.2, 0.25) is 0 Å². The molecule has 15 heteroatoms. The van der Waals surface area contributed by atoms with E-state index >= 15 is 0 Å². The number of hydrogen-bond donors (Lipinski definition) is 1. The van der Waals surface area contributed by atoms with Crippen LogP contribution in [-0.4, -0.2) is 108 Å². The number of phenolic OH excluding ortho intramolecular Hbond substituents is 1. The highest BCUT2D eigenvalue weighted by Gasteiger charge is 2.22. The molecular formula is C27H28N3O12-5. The Hall–Kier alpha value is -4.73. The molecule has 0 aromatic heterocycles. The van der Waals surface area contributed by atoms with Crippen LogP contribution >= 0.6 is 0 Å². The summed E-state index contributed by atoms with van der Waals surface area (Å²) in [5, 5.41) is 65.9. The molecule has 228 valence electrons. The normalized spacial score (nSPS) is 11.9. The van der Waals surface area contributed by atoms with Gasteiger partial charge in [-0.25, -0.2) is 0 Å². The van der Waals surface area contributed by atoms with E-state index in [2.05, 4.69) is 0 Å². The summed E-state index contributed by atoms with van der Waals surface area (Å²) in [5.41, 5.74) is 0.509. The van der Waals surface area contributed by atoms with Crippen LogP contribution in [0.1, 0.15) is 5.56 Å². The van der Waals surface area contributed by atoms with E-state index in [1.165, 1.54) is 17.0 Å². The van der Waals surface area contributed by atoms with Crippen molar-refractivity contribution in [2.24, 2.45) is 0 Å². The molecule has 42 heavy (non-hydrogen) atoms. The van der Waals surface area contributed by atoms with Crippen LogP contribution in [0.15, 0.2) is 48.5 Å². The van der Waals surface area contributed by atoms with E-state index in [0.717, 1.165) is 9.80 Å². The second kappa shape index (κ2) is 16.5. The van der Waals surface area contributed by atoms with Crippen molar-refractivity contribution in [1.29, 1.82) is 0 Å². The van der Waals surface area contributed by atoms with E-state index in [1.54, 1.807) is 36.4 Å². The number of phenols is 1. The van der Waals surface area contributed by atoms with Crippen molar-refractivity contribution in [3.05, 3.63) is 54.1 Å².